The van der Waals surface area contributed by atoms with Gasteiger partial charge < -0.3 is 0 Å². The van der Waals surface area contributed by atoms with Crippen LogP contribution in [0.2, 0.25) is 0 Å². The molecular formula is C13H15. The Balaban J connectivity index is 1.70. The Labute approximate surface area is 81.1 Å². The van der Waals surface area contributed by atoms with Crippen molar-refractivity contribution in [3.63, 3.8) is 0 Å². The van der Waals surface area contributed by atoms with Crippen molar-refractivity contribution in [2.75, 3.05) is 0 Å². The lowest BCUT2D eigenvalue weighted by molar-refractivity contribution is 0.273. The summed E-state index contributed by atoms with van der Waals surface area (Å²) < 4.78 is 0. The summed E-state index contributed by atoms with van der Waals surface area (Å²) in [5, 5.41) is 0. The van der Waals surface area contributed by atoms with Crippen LogP contribution in [0.1, 0.15) is 25.7 Å². The maximum atomic E-state index is 2.39. The standard InChI is InChI=1S/C13H15/c1-2-8-7-12-9-4-5-10(6-9)13(12)11(8)3-1/h1-3,9-10,12-13H,4-7H2. The van der Waals surface area contributed by atoms with Crippen LogP contribution in [-0.4, -0.2) is 0 Å². The van der Waals surface area contributed by atoms with Crippen LogP contribution in [0.5, 0.6) is 0 Å². The molecule has 4 aliphatic rings. The van der Waals surface area contributed by atoms with E-state index >= 15 is 0 Å². The summed E-state index contributed by atoms with van der Waals surface area (Å²) in [7, 11) is 0. The van der Waals surface area contributed by atoms with Crippen molar-refractivity contribution in [1.82, 2.24) is 0 Å². The molecule has 0 amide bonds. The monoisotopic (exact) mass is 171 g/mol. The molecule has 4 aliphatic carbocycles. The molecule has 0 saturated heterocycles. The number of hydrogen-bond donors (Lipinski definition) is 0. The molecule has 0 heterocycles. The molecule has 4 rings (SSSR count). The van der Waals surface area contributed by atoms with Gasteiger partial charge in [0, 0.05) is 0 Å². The van der Waals surface area contributed by atoms with Crippen LogP contribution in [-0.2, 0) is 0 Å². The highest BCUT2D eigenvalue weighted by atomic mass is 14.6. The van der Waals surface area contributed by atoms with E-state index in [9.17, 15) is 0 Å². The van der Waals surface area contributed by atoms with Crippen molar-refractivity contribution in [2.24, 2.45) is 23.7 Å². The van der Waals surface area contributed by atoms with Crippen LogP contribution < -0.4 is 0 Å². The molecule has 4 unspecified atom stereocenters. The normalized spacial score (nSPS) is 54.5. The Morgan fingerprint density at radius 1 is 1.08 bits per heavy atom. The van der Waals surface area contributed by atoms with Gasteiger partial charge in [0.1, 0.15) is 0 Å². The number of rotatable bonds is 0. The van der Waals surface area contributed by atoms with E-state index in [-0.39, 0.29) is 0 Å². The molecule has 0 heteroatoms. The molecule has 0 aromatic rings. The van der Waals surface area contributed by atoms with Gasteiger partial charge >= 0.3 is 0 Å². The highest BCUT2D eigenvalue weighted by molar-refractivity contribution is 5.50. The molecule has 5 radical (unpaired) electrons. The van der Waals surface area contributed by atoms with E-state index < -0.39 is 0 Å². The molecule has 0 aliphatic heterocycles. The molecular weight excluding hydrogens is 156 g/mol. The highest BCUT2D eigenvalue weighted by Crippen LogP contribution is 2.66. The average Bonchev–Trinajstić information content (AvgIpc) is 2.79. The van der Waals surface area contributed by atoms with E-state index in [1.807, 2.05) is 0 Å². The minimum absolute atomic E-state index is 0.990. The maximum Gasteiger partial charge on any atom is -0.00968 e. The molecule has 0 aromatic heterocycles. The van der Waals surface area contributed by atoms with Crippen LogP contribution >= 0.6 is 0 Å². The second-order valence-electron chi connectivity index (χ2n) is 5.23. The largest absolute Gasteiger partial charge is 0.0499 e. The summed E-state index contributed by atoms with van der Waals surface area (Å²) in [6.45, 7) is 0. The fourth-order valence-corrected chi connectivity index (χ4v) is 4.42. The van der Waals surface area contributed by atoms with E-state index in [1.165, 1.54) is 19.3 Å². The SMILES string of the molecule is [CH]1[CH][C]2CC3C4CCC(C4)C3[C]2[CH]1. The third-order valence-corrected chi connectivity index (χ3v) is 4.85. The van der Waals surface area contributed by atoms with Gasteiger partial charge in [-0.15, -0.1) is 0 Å². The Bertz CT molecular complexity index is 230. The van der Waals surface area contributed by atoms with Crippen molar-refractivity contribution in [3.05, 3.63) is 31.1 Å². The zero-order chi connectivity index (χ0) is 8.41. The molecule has 4 fully saturated rings. The second-order valence-corrected chi connectivity index (χ2v) is 5.23. The summed E-state index contributed by atoms with van der Waals surface area (Å²) in [6.07, 6.45) is 13.0. The molecule has 0 spiro atoms. The minimum atomic E-state index is 0.990. The van der Waals surface area contributed by atoms with Gasteiger partial charge in [0.15, 0.2) is 0 Å². The molecule has 0 N–H and O–H groups in total. The van der Waals surface area contributed by atoms with Gasteiger partial charge in [-0.05, 0) is 80.5 Å². The quantitative estimate of drug-likeness (QED) is 0.525. The summed E-state index contributed by atoms with van der Waals surface area (Å²) in [5.74, 6) is 7.64. The summed E-state index contributed by atoms with van der Waals surface area (Å²) in [6, 6.07) is 0. The van der Waals surface area contributed by atoms with Gasteiger partial charge in [-0.2, -0.15) is 0 Å². The van der Waals surface area contributed by atoms with Crippen LogP contribution in [0, 0.1) is 54.8 Å². The lowest BCUT2D eigenvalue weighted by Gasteiger charge is -2.27. The molecule has 67 valence electrons. The van der Waals surface area contributed by atoms with Gasteiger partial charge in [0.2, 0.25) is 0 Å². The smallest absolute Gasteiger partial charge is 0.00968 e. The second kappa shape index (κ2) is 2.32. The summed E-state index contributed by atoms with van der Waals surface area (Å²) in [4.78, 5) is 0. The lowest BCUT2D eigenvalue weighted by Crippen LogP contribution is -2.20. The molecule has 4 saturated carbocycles. The topological polar surface area (TPSA) is 0 Å². The average molecular weight is 171 g/mol. The Morgan fingerprint density at radius 2 is 2.00 bits per heavy atom. The fourth-order valence-electron chi connectivity index (χ4n) is 4.42. The van der Waals surface area contributed by atoms with Crippen LogP contribution in [0.4, 0.5) is 0 Å². The van der Waals surface area contributed by atoms with Crippen LogP contribution in [0.25, 0.3) is 0 Å². The van der Waals surface area contributed by atoms with Gasteiger partial charge in [0.05, 0.1) is 0 Å². The van der Waals surface area contributed by atoms with Gasteiger partial charge in [-0.1, -0.05) is 0 Å². The van der Waals surface area contributed by atoms with Crippen molar-refractivity contribution < 1.29 is 0 Å². The first-order chi connectivity index (χ1) is 6.43. The summed E-state index contributed by atoms with van der Waals surface area (Å²) >= 11 is 0. The predicted octanol–water partition coefficient (Wildman–Crippen LogP) is 2.83. The fraction of sp³-hybridized carbons (Fsp3) is 0.615. The van der Waals surface area contributed by atoms with E-state index in [1.54, 1.807) is 18.3 Å². The third-order valence-electron chi connectivity index (χ3n) is 4.85. The zero-order valence-electron chi connectivity index (χ0n) is 7.87. The third kappa shape index (κ3) is 0.789. The van der Waals surface area contributed by atoms with Crippen molar-refractivity contribution >= 4 is 0 Å². The van der Waals surface area contributed by atoms with Crippen LogP contribution in [0.3, 0.4) is 0 Å². The first-order valence-electron chi connectivity index (χ1n) is 5.68. The molecule has 0 aromatic carbocycles. The maximum absolute atomic E-state index is 2.39. The highest BCUT2D eigenvalue weighted by Gasteiger charge is 2.57. The first kappa shape index (κ1) is 7.31. The molecule has 13 heavy (non-hydrogen) atoms. The lowest BCUT2D eigenvalue weighted by atomic mass is 9.77. The van der Waals surface area contributed by atoms with E-state index in [4.69, 9.17) is 0 Å². The van der Waals surface area contributed by atoms with Crippen LogP contribution in [0.15, 0.2) is 0 Å². The van der Waals surface area contributed by atoms with Gasteiger partial charge in [0.25, 0.3) is 0 Å². The molecule has 4 atom stereocenters. The predicted molar refractivity (Wildman–Crippen MR) is 51.8 cm³/mol. The van der Waals surface area contributed by atoms with Gasteiger partial charge in [-0.25, -0.2) is 0 Å². The van der Waals surface area contributed by atoms with Crippen molar-refractivity contribution in [2.45, 2.75) is 25.7 Å². The number of hydrogen-bond acceptors (Lipinski definition) is 0. The Kier molecular flexibility index (Phi) is 1.31. The Hall–Kier alpha value is 0. The van der Waals surface area contributed by atoms with E-state index in [0.29, 0.717) is 0 Å². The first-order valence-corrected chi connectivity index (χ1v) is 5.68. The minimum Gasteiger partial charge on any atom is -0.0499 e. The number of fused-ring (bicyclic) bond motifs is 7. The zero-order valence-corrected chi connectivity index (χ0v) is 7.87. The van der Waals surface area contributed by atoms with Crippen molar-refractivity contribution in [1.29, 1.82) is 0 Å². The molecule has 0 nitrogen and oxygen atoms in total. The summed E-state index contributed by atoms with van der Waals surface area (Å²) in [5.41, 5.74) is 0. The van der Waals surface area contributed by atoms with Crippen molar-refractivity contribution in [3.8, 4) is 0 Å². The van der Waals surface area contributed by atoms with E-state index in [0.717, 1.165) is 23.7 Å². The molecule has 2 bridgehead atoms. The van der Waals surface area contributed by atoms with E-state index in [2.05, 4.69) is 19.3 Å². The Morgan fingerprint density at radius 3 is 3.00 bits per heavy atom. The van der Waals surface area contributed by atoms with Gasteiger partial charge in [-0.3, -0.25) is 0 Å².